The second-order valence-corrected chi connectivity index (χ2v) is 7.05. The summed E-state index contributed by atoms with van der Waals surface area (Å²) in [5.74, 6) is -0.344. The molecule has 0 radical (unpaired) electrons. The molecule has 0 bridgehead atoms. The van der Waals surface area contributed by atoms with Crippen LogP contribution in [0.3, 0.4) is 0 Å². The quantitative estimate of drug-likeness (QED) is 0.866. The Bertz CT molecular complexity index is 797. The number of rotatable bonds is 5. The Labute approximate surface area is 146 Å². The average molecular weight is 341 g/mol. The van der Waals surface area contributed by atoms with E-state index < -0.39 is 5.97 Å². The maximum atomic E-state index is 11.9. The molecule has 0 unspecified atom stereocenters. The van der Waals surface area contributed by atoms with Gasteiger partial charge in [-0.2, -0.15) is 5.10 Å². The van der Waals surface area contributed by atoms with E-state index in [0.717, 1.165) is 50.0 Å². The van der Waals surface area contributed by atoms with Crippen molar-refractivity contribution in [3.05, 3.63) is 40.8 Å². The molecule has 1 aliphatic carbocycles. The van der Waals surface area contributed by atoms with Crippen LogP contribution >= 0.6 is 0 Å². The van der Waals surface area contributed by atoms with Gasteiger partial charge in [0.2, 0.25) is 0 Å². The highest BCUT2D eigenvalue weighted by Gasteiger charge is 2.27. The maximum absolute atomic E-state index is 11.9. The van der Waals surface area contributed by atoms with E-state index in [2.05, 4.69) is 20.3 Å². The van der Waals surface area contributed by atoms with Gasteiger partial charge in [0.1, 0.15) is 11.4 Å². The third-order valence-corrected chi connectivity index (χ3v) is 5.17. The molecule has 132 valence electrons. The van der Waals surface area contributed by atoms with Crippen LogP contribution in [-0.4, -0.2) is 43.3 Å². The van der Waals surface area contributed by atoms with E-state index in [1.807, 2.05) is 25.6 Å². The van der Waals surface area contributed by atoms with Crippen LogP contribution in [0.15, 0.2) is 18.6 Å². The molecule has 2 aliphatic rings. The van der Waals surface area contributed by atoms with Crippen molar-refractivity contribution in [2.45, 2.75) is 44.8 Å². The summed E-state index contributed by atoms with van der Waals surface area (Å²) in [6.45, 7) is 2.38. The van der Waals surface area contributed by atoms with Gasteiger partial charge in [-0.1, -0.05) is 0 Å². The predicted molar refractivity (Wildman–Crippen MR) is 93.5 cm³/mol. The molecule has 2 aromatic heterocycles. The lowest BCUT2D eigenvalue weighted by Gasteiger charge is -2.31. The van der Waals surface area contributed by atoms with E-state index in [-0.39, 0.29) is 0 Å². The molecule has 2 N–H and O–H groups in total. The first-order valence-electron chi connectivity index (χ1n) is 8.80. The summed E-state index contributed by atoms with van der Waals surface area (Å²) in [6, 6.07) is 0.370. The van der Waals surface area contributed by atoms with E-state index in [1.165, 1.54) is 12.0 Å². The first-order chi connectivity index (χ1) is 12.1. The molecule has 25 heavy (non-hydrogen) atoms. The molecule has 1 saturated carbocycles. The Balaban J connectivity index is 1.55. The number of carboxylic acids is 1. The van der Waals surface area contributed by atoms with Gasteiger partial charge in [0.05, 0.1) is 6.20 Å². The first kappa shape index (κ1) is 16.1. The van der Waals surface area contributed by atoms with Crippen LogP contribution in [0.1, 0.15) is 46.3 Å². The number of carboxylic acid groups (broad SMARTS) is 1. The van der Waals surface area contributed by atoms with Crippen LogP contribution in [0.2, 0.25) is 0 Å². The molecule has 1 fully saturated rings. The maximum Gasteiger partial charge on any atom is 0.339 e. The highest BCUT2D eigenvalue weighted by atomic mass is 16.4. The summed E-state index contributed by atoms with van der Waals surface area (Å²) in [5, 5.41) is 17.2. The van der Waals surface area contributed by atoms with E-state index in [0.29, 0.717) is 17.4 Å². The number of aryl methyl sites for hydroxylation is 1. The van der Waals surface area contributed by atoms with Crippen LogP contribution in [0.25, 0.3) is 0 Å². The van der Waals surface area contributed by atoms with E-state index >= 15 is 0 Å². The van der Waals surface area contributed by atoms with Crippen LogP contribution < -0.4 is 5.32 Å². The molecule has 0 atom stereocenters. The third kappa shape index (κ3) is 3.24. The van der Waals surface area contributed by atoms with Crippen molar-refractivity contribution in [2.75, 3.05) is 11.9 Å². The predicted octanol–water partition coefficient (Wildman–Crippen LogP) is 2.04. The Morgan fingerprint density at radius 3 is 2.88 bits per heavy atom. The number of nitrogens with one attached hydrogen (secondary N) is 1. The molecule has 3 heterocycles. The van der Waals surface area contributed by atoms with E-state index in [9.17, 15) is 9.90 Å². The minimum Gasteiger partial charge on any atom is -0.478 e. The van der Waals surface area contributed by atoms with Crippen LogP contribution in [0.5, 0.6) is 0 Å². The van der Waals surface area contributed by atoms with Crippen molar-refractivity contribution in [2.24, 2.45) is 7.05 Å². The van der Waals surface area contributed by atoms with Gasteiger partial charge in [0.15, 0.2) is 0 Å². The zero-order valence-corrected chi connectivity index (χ0v) is 14.4. The smallest absolute Gasteiger partial charge is 0.339 e. The van der Waals surface area contributed by atoms with Gasteiger partial charge in [-0.15, -0.1) is 0 Å². The SMILES string of the molecule is Cn1cc(CN2CCc3c(cnc(NC4CCC4)c3C(=O)O)C2)cn1. The van der Waals surface area contributed by atoms with Gasteiger partial charge in [-0.3, -0.25) is 9.58 Å². The van der Waals surface area contributed by atoms with Gasteiger partial charge in [0, 0.05) is 50.7 Å². The monoisotopic (exact) mass is 341 g/mol. The lowest BCUT2D eigenvalue weighted by atomic mass is 9.92. The Hall–Kier alpha value is -2.41. The second kappa shape index (κ2) is 6.48. The summed E-state index contributed by atoms with van der Waals surface area (Å²) >= 11 is 0. The largest absolute Gasteiger partial charge is 0.478 e. The summed E-state index contributed by atoms with van der Waals surface area (Å²) in [6.07, 6.45) is 9.86. The molecule has 7 nitrogen and oxygen atoms in total. The molecule has 0 amide bonds. The van der Waals surface area contributed by atoms with Crippen LogP contribution in [-0.2, 0) is 26.6 Å². The topological polar surface area (TPSA) is 83.3 Å². The van der Waals surface area contributed by atoms with Crippen molar-refractivity contribution in [1.29, 1.82) is 0 Å². The summed E-state index contributed by atoms with van der Waals surface area (Å²) < 4.78 is 1.80. The second-order valence-electron chi connectivity index (χ2n) is 7.05. The Morgan fingerprint density at radius 2 is 2.24 bits per heavy atom. The average Bonchev–Trinajstić information content (AvgIpc) is 2.95. The molecule has 7 heteroatoms. The molecule has 2 aromatic rings. The fraction of sp³-hybridized carbons (Fsp3) is 0.500. The molecule has 0 aromatic carbocycles. The van der Waals surface area contributed by atoms with E-state index in [1.54, 1.807) is 4.68 Å². The number of aromatic carboxylic acids is 1. The molecular weight excluding hydrogens is 318 g/mol. The van der Waals surface area contributed by atoms with Crippen LogP contribution in [0, 0.1) is 0 Å². The lowest BCUT2D eigenvalue weighted by Crippen LogP contribution is -2.33. The minimum atomic E-state index is -0.883. The number of hydrogen-bond acceptors (Lipinski definition) is 5. The van der Waals surface area contributed by atoms with Crippen LogP contribution in [0.4, 0.5) is 5.82 Å². The van der Waals surface area contributed by atoms with Gasteiger partial charge in [-0.25, -0.2) is 9.78 Å². The summed E-state index contributed by atoms with van der Waals surface area (Å²) in [4.78, 5) is 18.6. The number of hydrogen-bond donors (Lipinski definition) is 2. The van der Waals surface area contributed by atoms with Gasteiger partial charge < -0.3 is 10.4 Å². The molecule has 0 saturated heterocycles. The van der Waals surface area contributed by atoms with Crippen molar-refractivity contribution in [3.8, 4) is 0 Å². The lowest BCUT2D eigenvalue weighted by molar-refractivity contribution is 0.0695. The minimum absolute atomic E-state index is 0.366. The summed E-state index contributed by atoms with van der Waals surface area (Å²) in [7, 11) is 1.91. The number of carbonyl (C=O) groups is 1. The fourth-order valence-corrected chi connectivity index (χ4v) is 3.63. The highest BCUT2D eigenvalue weighted by molar-refractivity contribution is 5.95. The fourth-order valence-electron chi connectivity index (χ4n) is 3.63. The number of anilines is 1. The zero-order chi connectivity index (χ0) is 17.4. The van der Waals surface area contributed by atoms with Gasteiger partial charge in [0.25, 0.3) is 0 Å². The van der Waals surface area contributed by atoms with Crippen molar-refractivity contribution in [1.82, 2.24) is 19.7 Å². The zero-order valence-electron chi connectivity index (χ0n) is 14.4. The van der Waals surface area contributed by atoms with Gasteiger partial charge >= 0.3 is 5.97 Å². The molecule has 4 rings (SSSR count). The van der Waals surface area contributed by atoms with Crippen molar-refractivity contribution >= 4 is 11.8 Å². The number of nitrogens with zero attached hydrogens (tertiary/aromatic N) is 4. The summed E-state index contributed by atoms with van der Waals surface area (Å²) in [5.41, 5.74) is 3.49. The van der Waals surface area contributed by atoms with Crippen molar-refractivity contribution in [3.63, 3.8) is 0 Å². The highest BCUT2D eigenvalue weighted by Crippen LogP contribution is 2.30. The Kier molecular flexibility index (Phi) is 4.17. The van der Waals surface area contributed by atoms with Crippen molar-refractivity contribution < 1.29 is 9.90 Å². The first-order valence-corrected chi connectivity index (χ1v) is 8.80. The molecular formula is C18H23N5O2. The molecule has 1 aliphatic heterocycles. The number of fused-ring (bicyclic) bond motifs is 1. The normalized spacial score (nSPS) is 17.8. The molecule has 0 spiro atoms. The van der Waals surface area contributed by atoms with Gasteiger partial charge in [-0.05, 0) is 36.8 Å². The van der Waals surface area contributed by atoms with E-state index in [4.69, 9.17) is 0 Å². The standard InChI is InChI=1S/C18H23N5O2/c1-22-9-12(7-20-22)10-23-6-5-15-13(11-23)8-19-17(16(15)18(24)25)21-14-3-2-4-14/h7-9,14H,2-6,10-11H2,1H3,(H,19,21)(H,24,25). The Morgan fingerprint density at radius 1 is 1.40 bits per heavy atom. The third-order valence-electron chi connectivity index (χ3n) is 5.17. The number of aromatic nitrogens is 3. The number of pyridine rings is 1.